The number of ether oxygens (including phenoxy) is 3. The van der Waals surface area contributed by atoms with E-state index in [0.29, 0.717) is 5.69 Å². The van der Waals surface area contributed by atoms with Gasteiger partial charge in [0.2, 0.25) is 5.78 Å². The molecule has 15 nitrogen and oxygen atoms in total. The van der Waals surface area contributed by atoms with Crippen LogP contribution in [0.3, 0.4) is 0 Å². The fraction of sp³-hybridized carbons (Fsp3) is 0.353. The highest BCUT2D eigenvalue weighted by Crippen LogP contribution is 2.52. The monoisotopic (exact) mass is 702 g/mol. The molecule has 260 valence electrons. The zero-order valence-corrected chi connectivity index (χ0v) is 28.0. The lowest BCUT2D eigenvalue weighted by Crippen LogP contribution is -2.49. The average molecular weight is 703 g/mol. The molecular formula is C34H34N6O9S. The number of methoxy groups -OCH3 is 1. The summed E-state index contributed by atoms with van der Waals surface area (Å²) < 4.78 is 17.5. The first kappa shape index (κ1) is 34.8. The third kappa shape index (κ3) is 6.13. The number of nitrogens with one attached hydrogen (secondary N) is 2. The SMILES string of the molecule is COc1cccc2c1C(=O)c1c(O)c3c(c(O)c1C2=O)C[C@@](O)(/C(C)=N/NC(=S)Nc1ccccc1)C[C@@H]3O[C@H]1C[C@H](N=[N+]=[N-])[C@H](O)[C@H](C)O1. The number of benzene rings is 3. The van der Waals surface area contributed by atoms with Crippen molar-refractivity contribution in [2.24, 2.45) is 10.2 Å². The molecule has 6 rings (SSSR count). The van der Waals surface area contributed by atoms with Crippen molar-refractivity contribution in [2.45, 2.75) is 69.4 Å². The molecule has 0 aromatic heterocycles. The molecule has 0 bridgehead atoms. The summed E-state index contributed by atoms with van der Waals surface area (Å²) in [4.78, 5) is 30.6. The Morgan fingerprint density at radius 1 is 1.08 bits per heavy atom. The molecule has 0 saturated carbocycles. The van der Waals surface area contributed by atoms with Crippen molar-refractivity contribution >= 4 is 40.3 Å². The third-order valence-corrected chi connectivity index (χ3v) is 9.49. The van der Waals surface area contributed by atoms with Crippen LogP contribution >= 0.6 is 12.2 Å². The number of nitrogens with zero attached hydrogens (tertiary/aromatic N) is 4. The third-order valence-electron chi connectivity index (χ3n) is 9.30. The molecule has 50 heavy (non-hydrogen) atoms. The van der Waals surface area contributed by atoms with Crippen molar-refractivity contribution < 1.29 is 44.2 Å². The number of azide groups is 1. The summed E-state index contributed by atoms with van der Waals surface area (Å²) in [5.41, 5.74) is 9.66. The number of hydrogen-bond acceptors (Lipinski definition) is 12. The fourth-order valence-electron chi connectivity index (χ4n) is 6.71. The number of rotatable bonds is 7. The molecule has 2 aliphatic carbocycles. The second kappa shape index (κ2) is 13.7. The molecule has 16 heteroatoms. The van der Waals surface area contributed by atoms with Crippen molar-refractivity contribution in [1.82, 2.24) is 5.43 Å². The van der Waals surface area contributed by atoms with Crippen molar-refractivity contribution in [2.75, 3.05) is 12.4 Å². The van der Waals surface area contributed by atoms with E-state index in [1.807, 2.05) is 18.2 Å². The van der Waals surface area contributed by atoms with Gasteiger partial charge in [0.05, 0.1) is 53.9 Å². The predicted octanol–water partition coefficient (Wildman–Crippen LogP) is 4.15. The standard InChI is InChI=1S/C34H34N6O9S/c1-15-28(41)20(38-40-35)12-23(48-15)49-22-14-34(46,16(2)37-39-33(50)36-17-8-5-4-6-9-17)13-19-25(22)32(45)27-26(30(19)43)29(42)18-10-7-11-21(47-3)24(18)31(27)44/h4-11,15,20,22-23,28,41,43,45-46H,12-14H2,1-3H3,(H2,36,39,50)/b37-16+/t15-,20-,22-,23-,28+,34-/m0/s1. The van der Waals surface area contributed by atoms with Gasteiger partial charge in [-0.1, -0.05) is 35.4 Å². The molecule has 1 aliphatic heterocycles. The number of anilines is 1. The van der Waals surface area contributed by atoms with E-state index in [9.17, 15) is 30.0 Å². The summed E-state index contributed by atoms with van der Waals surface area (Å²) in [5.74, 6) is -2.61. The van der Waals surface area contributed by atoms with Crippen molar-refractivity contribution in [3.63, 3.8) is 0 Å². The predicted molar refractivity (Wildman–Crippen MR) is 184 cm³/mol. The Morgan fingerprint density at radius 2 is 1.80 bits per heavy atom. The lowest BCUT2D eigenvalue weighted by Gasteiger charge is -2.42. The summed E-state index contributed by atoms with van der Waals surface area (Å²) in [6.45, 7) is 3.09. The number of ketones is 2. The first-order valence-electron chi connectivity index (χ1n) is 15.7. The van der Waals surface area contributed by atoms with Gasteiger partial charge in [-0.05, 0) is 49.8 Å². The number of hydrogen-bond donors (Lipinski definition) is 6. The Bertz CT molecular complexity index is 1970. The van der Waals surface area contributed by atoms with Gasteiger partial charge in [0.25, 0.3) is 0 Å². The van der Waals surface area contributed by atoms with Crippen LogP contribution in [-0.4, -0.2) is 80.1 Å². The van der Waals surface area contributed by atoms with Gasteiger partial charge in [0, 0.05) is 46.6 Å². The maximum atomic E-state index is 14.0. The summed E-state index contributed by atoms with van der Waals surface area (Å²) in [6.07, 6.45) is -5.07. The van der Waals surface area contributed by atoms with E-state index in [1.54, 1.807) is 19.1 Å². The van der Waals surface area contributed by atoms with Gasteiger partial charge in [-0.2, -0.15) is 5.10 Å². The van der Waals surface area contributed by atoms with E-state index in [-0.39, 0.29) is 58.1 Å². The fourth-order valence-corrected chi connectivity index (χ4v) is 6.87. The quantitative estimate of drug-likeness (QED) is 0.0304. The molecule has 0 radical (unpaired) electrons. The zero-order valence-electron chi connectivity index (χ0n) is 27.2. The van der Waals surface area contributed by atoms with Gasteiger partial charge in [-0.25, -0.2) is 0 Å². The minimum absolute atomic E-state index is 0.0241. The summed E-state index contributed by atoms with van der Waals surface area (Å²) in [5, 5.41) is 57.3. The molecule has 6 N–H and O–H groups in total. The van der Waals surface area contributed by atoms with Crippen LogP contribution < -0.4 is 15.5 Å². The van der Waals surface area contributed by atoms with E-state index >= 15 is 0 Å². The molecular weight excluding hydrogens is 668 g/mol. The van der Waals surface area contributed by atoms with Gasteiger partial charge >= 0.3 is 0 Å². The minimum atomic E-state index is -1.86. The maximum Gasteiger partial charge on any atom is 0.202 e. The highest BCUT2D eigenvalue weighted by molar-refractivity contribution is 7.80. The van der Waals surface area contributed by atoms with Crippen LogP contribution in [0.4, 0.5) is 5.69 Å². The molecule has 1 saturated heterocycles. The number of phenols is 2. The van der Waals surface area contributed by atoms with E-state index < -0.39 is 70.4 Å². The first-order valence-corrected chi connectivity index (χ1v) is 16.1. The van der Waals surface area contributed by atoms with E-state index in [0.717, 1.165) is 0 Å². The molecule has 3 aliphatic rings. The van der Waals surface area contributed by atoms with Crippen LogP contribution in [0.1, 0.15) is 75.8 Å². The second-order valence-electron chi connectivity index (χ2n) is 12.3. The number of aliphatic hydroxyl groups is 2. The van der Waals surface area contributed by atoms with E-state index in [1.165, 1.54) is 32.2 Å². The smallest absolute Gasteiger partial charge is 0.202 e. The van der Waals surface area contributed by atoms with Crippen LogP contribution in [0.25, 0.3) is 10.4 Å². The van der Waals surface area contributed by atoms with E-state index in [2.05, 4.69) is 25.9 Å². The Kier molecular flexibility index (Phi) is 9.50. The number of carbonyl (C=O) groups excluding carboxylic acids is 2. The molecule has 0 amide bonds. The van der Waals surface area contributed by atoms with Gasteiger partial charge in [0.1, 0.15) is 22.8 Å². The summed E-state index contributed by atoms with van der Waals surface area (Å²) in [7, 11) is 1.34. The summed E-state index contributed by atoms with van der Waals surface area (Å²) >= 11 is 5.36. The highest BCUT2D eigenvalue weighted by atomic mass is 32.1. The average Bonchev–Trinajstić information content (AvgIpc) is 3.09. The zero-order chi connectivity index (χ0) is 35.9. The van der Waals surface area contributed by atoms with Crippen molar-refractivity contribution in [3.8, 4) is 17.2 Å². The van der Waals surface area contributed by atoms with Crippen LogP contribution in [0.15, 0.2) is 58.7 Å². The molecule has 3 aromatic rings. The minimum Gasteiger partial charge on any atom is -0.507 e. The molecule has 6 atom stereocenters. The van der Waals surface area contributed by atoms with Crippen LogP contribution in [-0.2, 0) is 15.9 Å². The molecule has 0 spiro atoms. The number of aromatic hydroxyl groups is 2. The number of carbonyl (C=O) groups is 2. The topological polar surface area (TPSA) is 228 Å². The molecule has 1 fully saturated rings. The molecule has 1 heterocycles. The first-order chi connectivity index (χ1) is 23.9. The van der Waals surface area contributed by atoms with Gasteiger partial charge in [-0.15, -0.1) is 0 Å². The van der Waals surface area contributed by atoms with Gasteiger partial charge < -0.3 is 40.0 Å². The Morgan fingerprint density at radius 3 is 2.50 bits per heavy atom. The van der Waals surface area contributed by atoms with E-state index in [4.69, 9.17) is 32.0 Å². The highest BCUT2D eigenvalue weighted by Gasteiger charge is 2.49. The van der Waals surface area contributed by atoms with Crippen LogP contribution in [0.5, 0.6) is 17.2 Å². The Hall–Kier alpha value is -5.09. The van der Waals surface area contributed by atoms with Gasteiger partial charge in [-0.3, -0.25) is 15.0 Å². The molecule has 3 aromatic carbocycles. The maximum absolute atomic E-state index is 14.0. The number of phenolic OH excluding ortho intramolecular Hbond substituents is 2. The number of para-hydroxylation sites is 1. The van der Waals surface area contributed by atoms with Gasteiger partial charge in [0.15, 0.2) is 17.2 Å². The number of fused-ring (bicyclic) bond motifs is 3. The number of thiocarbonyl (C=S) groups is 1. The number of hydrazone groups is 1. The summed E-state index contributed by atoms with van der Waals surface area (Å²) in [6, 6.07) is 12.6. The van der Waals surface area contributed by atoms with Crippen LogP contribution in [0.2, 0.25) is 0 Å². The Labute approximate surface area is 291 Å². The normalized spacial score (nSPS) is 25.8. The largest absolute Gasteiger partial charge is 0.507 e. The second-order valence-corrected chi connectivity index (χ2v) is 12.7. The lowest BCUT2D eigenvalue weighted by molar-refractivity contribution is -0.245. The molecule has 0 unspecified atom stereocenters. The Balaban J connectivity index is 1.43. The number of aliphatic hydroxyl groups excluding tert-OH is 1. The van der Waals surface area contributed by atoms with Crippen molar-refractivity contribution in [3.05, 3.63) is 92.4 Å². The van der Waals surface area contributed by atoms with Crippen LogP contribution in [0, 0.1) is 0 Å². The lowest BCUT2D eigenvalue weighted by atomic mass is 9.72. The van der Waals surface area contributed by atoms with Crippen molar-refractivity contribution in [1.29, 1.82) is 0 Å².